The molecule has 0 saturated carbocycles. The summed E-state index contributed by atoms with van der Waals surface area (Å²) in [4.78, 5) is 26.3. The monoisotopic (exact) mass is 808 g/mol. The van der Waals surface area contributed by atoms with E-state index in [4.69, 9.17) is 56.8 Å². The second kappa shape index (κ2) is 24.2. The Labute approximate surface area is 337 Å². The Hall–Kier alpha value is -4.78. The zero-order valence-corrected chi connectivity index (χ0v) is 32.6. The molecule has 16 nitrogen and oxygen atoms in total. The lowest BCUT2D eigenvalue weighted by Crippen LogP contribution is -2.16. The van der Waals surface area contributed by atoms with Crippen molar-refractivity contribution < 1.29 is 61.6 Å². The van der Waals surface area contributed by atoms with Crippen LogP contribution in [0.5, 0.6) is 23.0 Å². The van der Waals surface area contributed by atoms with Gasteiger partial charge in [-0.05, 0) is 36.4 Å². The van der Waals surface area contributed by atoms with Gasteiger partial charge in [0.05, 0.1) is 111 Å². The smallest absolute Gasteiger partial charge is 0.188 e. The summed E-state index contributed by atoms with van der Waals surface area (Å²) >= 11 is 0. The maximum atomic E-state index is 13.2. The van der Waals surface area contributed by atoms with E-state index in [0.29, 0.717) is 170 Å². The van der Waals surface area contributed by atoms with Gasteiger partial charge in [-0.1, -0.05) is 0 Å². The fourth-order valence-electron chi connectivity index (χ4n) is 5.90. The molecule has 2 N–H and O–H groups in total. The van der Waals surface area contributed by atoms with Crippen LogP contribution in [0.3, 0.4) is 0 Å². The summed E-state index contributed by atoms with van der Waals surface area (Å²) in [6, 6.07) is 15.3. The molecule has 0 bridgehead atoms. The molecule has 6 rings (SSSR count). The Balaban J connectivity index is 1.15. The molecule has 2 heterocycles. The summed E-state index contributed by atoms with van der Waals surface area (Å²) < 4.78 is 68.8. The van der Waals surface area contributed by atoms with E-state index in [-0.39, 0.29) is 30.0 Å². The minimum Gasteiger partial charge on any atom is -0.487 e. The van der Waals surface area contributed by atoms with Gasteiger partial charge in [0.2, 0.25) is 0 Å². The predicted molar refractivity (Wildman–Crippen MR) is 213 cm³/mol. The molecule has 1 aliphatic carbocycles. The summed E-state index contributed by atoms with van der Waals surface area (Å²) in [5.74, 6) is 1.72. The zero-order valence-electron chi connectivity index (χ0n) is 32.6. The van der Waals surface area contributed by atoms with Crippen molar-refractivity contribution >= 4 is 28.5 Å². The van der Waals surface area contributed by atoms with E-state index in [1.807, 2.05) is 12.1 Å². The van der Waals surface area contributed by atoms with Crippen LogP contribution in [-0.2, 0) is 37.9 Å². The van der Waals surface area contributed by atoms with Crippen LogP contribution < -0.4 is 35.0 Å². The van der Waals surface area contributed by atoms with Crippen LogP contribution in [0.25, 0.3) is 5.70 Å². The highest BCUT2D eigenvalue weighted by molar-refractivity contribution is 6.18. The molecule has 2 aliphatic heterocycles. The number of carbonyl (C=O) groups excluding carboxylic acids is 1. The van der Waals surface area contributed by atoms with Crippen LogP contribution in [0.15, 0.2) is 65.5 Å². The van der Waals surface area contributed by atoms with Crippen molar-refractivity contribution in [2.24, 2.45) is 0 Å². The standard InChI is InChI=1S/C42H52N2O14/c45-34-25-33(43-31-1-3-39-41(27-31)57-23-19-53-15-11-49-7-5-47-9-13-51-17-21-55-39)26-35-36(29-34)38(46)30-37(35)44-32-2-4-40-42(28-32)58-24-20-54-16-12-50-8-6-48-10-14-52-18-22-56-40/h1-4,25-30,43-44H,5-24H2. The summed E-state index contributed by atoms with van der Waals surface area (Å²) in [7, 11) is 0. The number of ketones is 1. The summed E-state index contributed by atoms with van der Waals surface area (Å²) in [5.41, 5.74) is 2.73. The average Bonchev–Trinajstić information content (AvgIpc) is 3.37. The lowest BCUT2D eigenvalue weighted by Gasteiger charge is -2.16. The van der Waals surface area contributed by atoms with Crippen LogP contribution >= 0.6 is 0 Å². The number of carbonyl (C=O) groups is 1. The highest BCUT2D eigenvalue weighted by atomic mass is 16.6. The first-order valence-electron chi connectivity index (χ1n) is 19.5. The molecule has 3 aromatic rings. The molecule has 16 heteroatoms. The van der Waals surface area contributed by atoms with Crippen LogP contribution in [0.2, 0.25) is 0 Å². The number of anilines is 3. The molecular weight excluding hydrogens is 756 g/mol. The Morgan fingerprint density at radius 2 is 0.724 bits per heavy atom. The van der Waals surface area contributed by atoms with Gasteiger partial charge in [-0.25, -0.2) is 0 Å². The van der Waals surface area contributed by atoms with E-state index in [2.05, 4.69) is 10.6 Å². The van der Waals surface area contributed by atoms with Gasteiger partial charge < -0.3 is 67.5 Å². The van der Waals surface area contributed by atoms with Crippen molar-refractivity contribution in [1.29, 1.82) is 0 Å². The molecule has 3 aromatic carbocycles. The molecule has 314 valence electrons. The minimum absolute atomic E-state index is 0.271. The van der Waals surface area contributed by atoms with E-state index in [1.165, 1.54) is 18.2 Å². The number of rotatable bonds is 4. The number of allylic oxidation sites excluding steroid dienone is 1. The van der Waals surface area contributed by atoms with Crippen molar-refractivity contribution in [3.63, 3.8) is 0 Å². The molecular formula is C42H52N2O14. The molecule has 0 aromatic heterocycles. The Bertz CT molecular complexity index is 1840. The first-order chi connectivity index (χ1) is 28.6. The summed E-state index contributed by atoms with van der Waals surface area (Å²) in [6.45, 7) is 8.04. The molecule has 0 saturated heterocycles. The van der Waals surface area contributed by atoms with E-state index >= 15 is 0 Å². The Kier molecular flexibility index (Phi) is 17.9. The van der Waals surface area contributed by atoms with E-state index in [1.54, 1.807) is 30.3 Å². The van der Waals surface area contributed by atoms with Gasteiger partial charge in [-0.3, -0.25) is 9.59 Å². The number of hydrogen-bond acceptors (Lipinski definition) is 16. The van der Waals surface area contributed by atoms with Gasteiger partial charge in [0, 0.05) is 52.5 Å². The first kappa shape index (κ1) is 42.8. The van der Waals surface area contributed by atoms with Gasteiger partial charge in [0.25, 0.3) is 0 Å². The fourth-order valence-corrected chi connectivity index (χ4v) is 5.90. The molecule has 0 amide bonds. The molecule has 0 fully saturated rings. The molecule has 0 spiro atoms. The van der Waals surface area contributed by atoms with Gasteiger partial charge in [0.1, 0.15) is 26.4 Å². The maximum absolute atomic E-state index is 13.2. The molecule has 58 heavy (non-hydrogen) atoms. The van der Waals surface area contributed by atoms with Crippen molar-refractivity contribution in [1.82, 2.24) is 0 Å². The van der Waals surface area contributed by atoms with E-state index < -0.39 is 0 Å². The van der Waals surface area contributed by atoms with Crippen molar-refractivity contribution in [3.8, 4) is 23.0 Å². The lowest BCUT2D eigenvalue weighted by atomic mass is 10.1. The first-order valence-corrected chi connectivity index (χ1v) is 19.5. The van der Waals surface area contributed by atoms with Crippen LogP contribution in [0.4, 0.5) is 17.1 Å². The fraction of sp³-hybridized carbons (Fsp3) is 0.476. The highest BCUT2D eigenvalue weighted by Gasteiger charge is 2.23. The number of hydrogen-bond donors (Lipinski definition) is 2. The minimum atomic E-state index is -0.339. The Morgan fingerprint density at radius 3 is 1.16 bits per heavy atom. The SMILES string of the molecule is O=C1C=C(Nc2ccc3c(c2)OCCOCCOCCOCCOCCO3)c2cc(Nc3ccc4c(c3)OCCOCCOCCOCCOCCO4)cc(=O)cc21. The van der Waals surface area contributed by atoms with Crippen molar-refractivity contribution in [2.45, 2.75) is 0 Å². The molecule has 0 unspecified atom stereocenters. The van der Waals surface area contributed by atoms with Gasteiger partial charge in [-0.2, -0.15) is 0 Å². The predicted octanol–water partition coefficient (Wildman–Crippen LogP) is 4.11. The highest BCUT2D eigenvalue weighted by Crippen LogP contribution is 2.36. The number of fused-ring (bicyclic) bond motifs is 3. The van der Waals surface area contributed by atoms with Crippen LogP contribution in [0, 0.1) is 0 Å². The second-order valence-electron chi connectivity index (χ2n) is 12.9. The van der Waals surface area contributed by atoms with E-state index in [9.17, 15) is 9.59 Å². The Morgan fingerprint density at radius 1 is 0.345 bits per heavy atom. The van der Waals surface area contributed by atoms with E-state index in [0.717, 1.165) is 0 Å². The lowest BCUT2D eigenvalue weighted by molar-refractivity contribution is -0.00841. The topological polar surface area (TPSA) is 169 Å². The number of nitrogens with one attached hydrogen (secondary N) is 2. The van der Waals surface area contributed by atoms with Crippen molar-refractivity contribution in [2.75, 3.05) is 143 Å². The van der Waals surface area contributed by atoms with Gasteiger partial charge in [0.15, 0.2) is 34.2 Å². The van der Waals surface area contributed by atoms with Gasteiger partial charge >= 0.3 is 0 Å². The summed E-state index contributed by atoms with van der Waals surface area (Å²) in [5, 5.41) is 6.66. The van der Waals surface area contributed by atoms with Gasteiger partial charge in [-0.15, -0.1) is 0 Å². The third-order valence-electron chi connectivity index (χ3n) is 8.63. The van der Waals surface area contributed by atoms with Crippen LogP contribution in [-0.4, -0.2) is 138 Å². The zero-order chi connectivity index (χ0) is 40.0. The average molecular weight is 809 g/mol. The largest absolute Gasteiger partial charge is 0.487 e. The number of benzene rings is 2. The molecule has 3 aliphatic rings. The normalized spacial score (nSPS) is 18.9. The molecule has 0 radical (unpaired) electrons. The quantitative estimate of drug-likeness (QED) is 0.386. The maximum Gasteiger partial charge on any atom is 0.188 e. The third-order valence-corrected chi connectivity index (χ3v) is 8.63. The van der Waals surface area contributed by atoms with Crippen molar-refractivity contribution in [3.05, 3.63) is 82.0 Å². The number of ether oxygens (including phenoxy) is 12. The summed E-state index contributed by atoms with van der Waals surface area (Å²) in [6.07, 6.45) is 1.47. The second-order valence-corrected chi connectivity index (χ2v) is 12.9. The third kappa shape index (κ3) is 14.2. The van der Waals surface area contributed by atoms with Crippen LogP contribution in [0.1, 0.15) is 15.9 Å². The molecule has 0 atom stereocenters.